The van der Waals surface area contributed by atoms with Crippen molar-refractivity contribution >= 4 is 22.6 Å². The summed E-state index contributed by atoms with van der Waals surface area (Å²) in [5.74, 6) is 1.01. The third kappa shape index (κ3) is 5.28. The molecule has 0 radical (unpaired) electrons. The van der Waals surface area contributed by atoms with E-state index in [4.69, 9.17) is 0 Å². The maximum atomic E-state index is 12.9. The fraction of sp³-hybridized carbons (Fsp3) is 0.486. The van der Waals surface area contributed by atoms with E-state index in [1.165, 1.54) is 54.0 Å². The molecule has 5 nitrogen and oxygen atoms in total. The SMILES string of the molecule is CC(C)C(=O)c1ccc2c(c1)[C@H]1CC[C@@H]2N1CCC1CCC(NC(=O)N[C@@H](C)c2cccc3ccccc23)CC1. The summed E-state index contributed by atoms with van der Waals surface area (Å²) in [7, 11) is 0. The van der Waals surface area contributed by atoms with Gasteiger partial charge < -0.3 is 10.6 Å². The van der Waals surface area contributed by atoms with Crippen molar-refractivity contribution in [2.75, 3.05) is 6.54 Å². The Labute approximate surface area is 238 Å². The molecule has 2 bridgehead atoms. The van der Waals surface area contributed by atoms with E-state index in [1.807, 2.05) is 26.0 Å². The molecule has 1 saturated carbocycles. The Bertz CT molecular complexity index is 1390. The number of fused-ring (bicyclic) bond motifs is 6. The molecule has 2 heterocycles. The van der Waals surface area contributed by atoms with E-state index in [9.17, 15) is 9.59 Å². The number of hydrogen-bond donors (Lipinski definition) is 2. The topological polar surface area (TPSA) is 61.4 Å². The zero-order valence-electron chi connectivity index (χ0n) is 24.2. The van der Waals surface area contributed by atoms with Crippen molar-refractivity contribution in [3.63, 3.8) is 0 Å². The first-order valence-electron chi connectivity index (χ1n) is 15.4. The summed E-state index contributed by atoms with van der Waals surface area (Å²) >= 11 is 0. The molecule has 3 aromatic carbocycles. The molecule has 0 aromatic heterocycles. The highest BCUT2D eigenvalue weighted by molar-refractivity contribution is 5.97. The highest BCUT2D eigenvalue weighted by Crippen LogP contribution is 2.53. The first kappa shape index (κ1) is 27.0. The van der Waals surface area contributed by atoms with Crippen LogP contribution in [0.15, 0.2) is 60.7 Å². The molecule has 1 aliphatic carbocycles. The first-order chi connectivity index (χ1) is 19.4. The average Bonchev–Trinajstić information content (AvgIpc) is 3.51. The van der Waals surface area contributed by atoms with Gasteiger partial charge in [-0.3, -0.25) is 9.69 Å². The molecule has 2 fully saturated rings. The van der Waals surface area contributed by atoms with Gasteiger partial charge in [0.1, 0.15) is 0 Å². The van der Waals surface area contributed by atoms with Crippen molar-refractivity contribution in [2.45, 2.75) is 89.9 Å². The van der Waals surface area contributed by atoms with Gasteiger partial charge in [0.15, 0.2) is 5.78 Å². The summed E-state index contributed by atoms with van der Waals surface area (Å²) in [5, 5.41) is 8.82. The summed E-state index contributed by atoms with van der Waals surface area (Å²) in [6.45, 7) is 7.16. The van der Waals surface area contributed by atoms with Crippen LogP contribution >= 0.6 is 0 Å². The number of carbonyl (C=O) groups is 2. The van der Waals surface area contributed by atoms with Crippen LogP contribution in [0.25, 0.3) is 10.8 Å². The Hall–Kier alpha value is -3.18. The Morgan fingerprint density at radius 1 is 0.850 bits per heavy atom. The van der Waals surface area contributed by atoms with E-state index in [-0.39, 0.29) is 29.8 Å². The predicted octanol–water partition coefficient (Wildman–Crippen LogP) is 7.88. The van der Waals surface area contributed by atoms with Crippen molar-refractivity contribution in [3.05, 3.63) is 82.9 Å². The van der Waals surface area contributed by atoms with Crippen molar-refractivity contribution < 1.29 is 9.59 Å². The van der Waals surface area contributed by atoms with E-state index in [1.54, 1.807) is 0 Å². The van der Waals surface area contributed by atoms with Crippen LogP contribution in [0.5, 0.6) is 0 Å². The number of carbonyl (C=O) groups excluding carboxylic acids is 2. The van der Waals surface area contributed by atoms with E-state index in [0.717, 1.165) is 36.4 Å². The molecule has 3 aliphatic rings. The molecule has 3 atom stereocenters. The van der Waals surface area contributed by atoms with Gasteiger partial charge in [-0.25, -0.2) is 4.79 Å². The molecule has 2 aliphatic heterocycles. The Morgan fingerprint density at radius 3 is 2.35 bits per heavy atom. The monoisotopic (exact) mass is 537 g/mol. The highest BCUT2D eigenvalue weighted by Gasteiger charge is 2.43. The molecule has 40 heavy (non-hydrogen) atoms. The second-order valence-corrected chi connectivity index (χ2v) is 12.6. The second kappa shape index (κ2) is 11.4. The number of hydrogen-bond acceptors (Lipinski definition) is 3. The smallest absolute Gasteiger partial charge is 0.315 e. The quantitative estimate of drug-likeness (QED) is 0.287. The number of amides is 2. The lowest BCUT2D eigenvalue weighted by Gasteiger charge is -2.31. The number of benzene rings is 3. The number of nitrogens with one attached hydrogen (secondary N) is 2. The van der Waals surface area contributed by atoms with Gasteiger partial charge in [0.05, 0.1) is 6.04 Å². The normalized spacial score (nSPS) is 24.7. The van der Waals surface area contributed by atoms with E-state index in [0.29, 0.717) is 12.1 Å². The number of urea groups is 1. The maximum Gasteiger partial charge on any atom is 0.315 e. The third-order valence-corrected chi connectivity index (χ3v) is 9.74. The molecule has 2 N–H and O–H groups in total. The average molecular weight is 538 g/mol. The van der Waals surface area contributed by atoms with Gasteiger partial charge >= 0.3 is 6.03 Å². The predicted molar refractivity (Wildman–Crippen MR) is 161 cm³/mol. The van der Waals surface area contributed by atoms with Gasteiger partial charge in [-0.1, -0.05) is 68.4 Å². The second-order valence-electron chi connectivity index (χ2n) is 12.6. The van der Waals surface area contributed by atoms with Gasteiger partial charge in [-0.2, -0.15) is 0 Å². The number of Topliss-reactive ketones (excluding diaryl/α,β-unsaturated/α-hetero) is 1. The van der Waals surface area contributed by atoms with Crippen LogP contribution in [-0.4, -0.2) is 29.3 Å². The minimum atomic E-state index is -0.0643. The lowest BCUT2D eigenvalue weighted by atomic mass is 9.84. The minimum absolute atomic E-state index is 0.0380. The van der Waals surface area contributed by atoms with Gasteiger partial charge in [0, 0.05) is 29.6 Å². The number of rotatable bonds is 8. The Kier molecular flexibility index (Phi) is 7.67. The molecule has 0 spiro atoms. The van der Waals surface area contributed by atoms with Crippen LogP contribution in [0.3, 0.4) is 0 Å². The van der Waals surface area contributed by atoms with Crippen molar-refractivity contribution in [1.29, 1.82) is 0 Å². The molecule has 0 unspecified atom stereocenters. The van der Waals surface area contributed by atoms with Crippen molar-refractivity contribution in [2.24, 2.45) is 11.8 Å². The molecule has 6 rings (SSSR count). The van der Waals surface area contributed by atoms with Crippen molar-refractivity contribution in [3.8, 4) is 0 Å². The fourth-order valence-corrected chi connectivity index (χ4v) is 7.55. The molecule has 1 saturated heterocycles. The molecule has 5 heteroatoms. The Balaban J connectivity index is 0.974. The lowest BCUT2D eigenvalue weighted by molar-refractivity contribution is 0.0939. The zero-order chi connectivity index (χ0) is 27.8. The number of ketones is 1. The van der Waals surface area contributed by atoms with Crippen LogP contribution in [0, 0.1) is 11.8 Å². The molecular formula is C35H43N3O2. The summed E-state index contributed by atoms with van der Waals surface area (Å²) in [4.78, 5) is 28.1. The summed E-state index contributed by atoms with van der Waals surface area (Å²) < 4.78 is 0. The van der Waals surface area contributed by atoms with Gasteiger partial charge in [-0.15, -0.1) is 0 Å². The highest BCUT2D eigenvalue weighted by atomic mass is 16.2. The van der Waals surface area contributed by atoms with Crippen LogP contribution in [0.4, 0.5) is 4.79 Å². The van der Waals surface area contributed by atoms with E-state index >= 15 is 0 Å². The van der Waals surface area contributed by atoms with Crippen molar-refractivity contribution in [1.82, 2.24) is 15.5 Å². The summed E-state index contributed by atoms with van der Waals surface area (Å²) in [5.41, 5.74) is 4.88. The van der Waals surface area contributed by atoms with Gasteiger partial charge in [-0.05, 0) is 97.9 Å². The summed E-state index contributed by atoms with van der Waals surface area (Å²) in [6, 6.07) is 22.2. The minimum Gasteiger partial charge on any atom is -0.335 e. The standard InChI is InChI=1S/C35H43N3O2/c1-22(2)34(39)26-13-16-30-31(21-26)33-18-17-32(30)38(33)20-19-24-11-14-27(15-12-24)37-35(40)36-23(3)28-10-6-8-25-7-4-5-9-29(25)28/h4-10,13,16,21-24,27,32-33H,11-12,14-15,17-20H2,1-3H3,(H2,36,37,40)/t23-,24?,27?,32-,33+/m0/s1. The molecule has 2 amide bonds. The van der Waals surface area contributed by atoms with Gasteiger partial charge in [0.2, 0.25) is 0 Å². The zero-order valence-corrected chi connectivity index (χ0v) is 24.2. The van der Waals surface area contributed by atoms with Gasteiger partial charge in [0.25, 0.3) is 0 Å². The fourth-order valence-electron chi connectivity index (χ4n) is 7.55. The maximum absolute atomic E-state index is 12.9. The largest absolute Gasteiger partial charge is 0.335 e. The van der Waals surface area contributed by atoms with Crippen LogP contribution in [0.2, 0.25) is 0 Å². The van der Waals surface area contributed by atoms with Crippen LogP contribution in [-0.2, 0) is 0 Å². The molecular weight excluding hydrogens is 494 g/mol. The van der Waals surface area contributed by atoms with E-state index < -0.39 is 0 Å². The van der Waals surface area contributed by atoms with E-state index in [2.05, 4.69) is 71.0 Å². The van der Waals surface area contributed by atoms with Crippen LogP contribution < -0.4 is 10.6 Å². The first-order valence-corrected chi connectivity index (χ1v) is 15.4. The lowest BCUT2D eigenvalue weighted by Crippen LogP contribution is -2.44. The third-order valence-electron chi connectivity index (χ3n) is 9.74. The molecule has 210 valence electrons. The van der Waals surface area contributed by atoms with Crippen LogP contribution in [0.1, 0.15) is 111 Å². The number of nitrogens with zero attached hydrogens (tertiary/aromatic N) is 1. The molecule has 3 aromatic rings. The Morgan fingerprint density at radius 2 is 1.57 bits per heavy atom. The summed E-state index contributed by atoms with van der Waals surface area (Å²) in [6.07, 6.45) is 8.11.